The number of hydrogen-bond acceptors (Lipinski definition) is 2. The number of carbonyl (C=O) groups is 2. The molecular weight excluding hydrogens is 397 g/mol. The highest BCUT2D eigenvalue weighted by Crippen LogP contribution is 2.32. The summed E-state index contributed by atoms with van der Waals surface area (Å²) in [5.41, 5.74) is 0.964. The SMILES string of the molecule is CNC(=O)N1CCC[C@@H](N(C(=O)NCc2[nH]c3ccc(Cl)cc3c2F)C2CC2)C1. The number of benzene rings is 1. The van der Waals surface area contributed by atoms with E-state index in [0.29, 0.717) is 34.7 Å². The molecule has 156 valence electrons. The van der Waals surface area contributed by atoms with Crippen LogP contribution in [0, 0.1) is 5.82 Å². The number of hydrogen-bond donors (Lipinski definition) is 3. The number of aromatic nitrogens is 1. The minimum absolute atomic E-state index is 0.0279. The Kier molecular flexibility index (Phi) is 5.54. The number of amides is 4. The van der Waals surface area contributed by atoms with Gasteiger partial charge in [0.25, 0.3) is 0 Å². The predicted molar refractivity (Wildman–Crippen MR) is 109 cm³/mol. The van der Waals surface area contributed by atoms with Crippen LogP contribution in [0.4, 0.5) is 14.0 Å². The van der Waals surface area contributed by atoms with Gasteiger partial charge in [-0.2, -0.15) is 0 Å². The average Bonchev–Trinajstić information content (AvgIpc) is 3.51. The van der Waals surface area contributed by atoms with E-state index in [2.05, 4.69) is 15.6 Å². The van der Waals surface area contributed by atoms with Crippen LogP contribution in [-0.2, 0) is 6.54 Å². The van der Waals surface area contributed by atoms with Crippen LogP contribution in [0.25, 0.3) is 10.9 Å². The quantitative estimate of drug-likeness (QED) is 0.706. The molecule has 2 heterocycles. The van der Waals surface area contributed by atoms with Crippen molar-refractivity contribution in [1.29, 1.82) is 0 Å². The van der Waals surface area contributed by atoms with Crippen LogP contribution in [0.15, 0.2) is 18.2 Å². The van der Waals surface area contributed by atoms with Crippen molar-refractivity contribution in [2.75, 3.05) is 20.1 Å². The molecule has 1 aliphatic carbocycles. The summed E-state index contributed by atoms with van der Waals surface area (Å²) in [6, 6.07) is 4.81. The highest BCUT2D eigenvalue weighted by molar-refractivity contribution is 6.31. The number of carbonyl (C=O) groups excluding carboxylic acids is 2. The second kappa shape index (κ2) is 8.10. The van der Waals surface area contributed by atoms with E-state index in [4.69, 9.17) is 11.6 Å². The highest BCUT2D eigenvalue weighted by Gasteiger charge is 2.39. The lowest BCUT2D eigenvalue weighted by atomic mass is 10.0. The summed E-state index contributed by atoms with van der Waals surface area (Å²) in [5.74, 6) is -0.399. The molecule has 0 unspecified atom stereocenters. The largest absolute Gasteiger partial charge is 0.354 e. The number of likely N-dealkylation sites (tertiary alicyclic amines) is 1. The van der Waals surface area contributed by atoms with Gasteiger partial charge in [0.2, 0.25) is 0 Å². The maximum Gasteiger partial charge on any atom is 0.318 e. The molecule has 0 spiro atoms. The molecule has 29 heavy (non-hydrogen) atoms. The van der Waals surface area contributed by atoms with Crippen molar-refractivity contribution in [3.8, 4) is 0 Å². The molecule has 2 aliphatic rings. The summed E-state index contributed by atoms with van der Waals surface area (Å²) in [5, 5.41) is 6.38. The number of nitrogens with one attached hydrogen (secondary N) is 3. The third-order valence-corrected chi connectivity index (χ3v) is 5.89. The molecule has 3 N–H and O–H groups in total. The summed E-state index contributed by atoms with van der Waals surface area (Å²) >= 11 is 5.95. The van der Waals surface area contributed by atoms with Crippen LogP contribution in [-0.4, -0.2) is 59.1 Å². The normalized spacial score (nSPS) is 19.3. The number of piperidine rings is 1. The Labute approximate surface area is 173 Å². The van der Waals surface area contributed by atoms with Crippen LogP contribution in [0.5, 0.6) is 0 Å². The fourth-order valence-electron chi connectivity index (χ4n) is 4.07. The zero-order chi connectivity index (χ0) is 20.5. The first-order valence-corrected chi connectivity index (χ1v) is 10.3. The summed E-state index contributed by atoms with van der Waals surface area (Å²) in [7, 11) is 1.61. The Balaban J connectivity index is 1.45. The summed E-state index contributed by atoms with van der Waals surface area (Å²) in [6.45, 7) is 1.27. The van der Waals surface area contributed by atoms with Crippen LogP contribution in [0.2, 0.25) is 5.02 Å². The molecule has 2 aromatic rings. The van der Waals surface area contributed by atoms with Gasteiger partial charge in [0, 0.05) is 42.1 Å². The van der Waals surface area contributed by atoms with Crippen molar-refractivity contribution in [2.24, 2.45) is 0 Å². The van der Waals surface area contributed by atoms with Crippen LogP contribution in [0.1, 0.15) is 31.4 Å². The standard InChI is InChI=1S/C20H25ClFN5O2/c1-23-19(28)26-8-2-3-14(11-26)27(13-5-6-13)20(29)24-10-17-18(22)15-9-12(21)4-7-16(15)25-17/h4,7,9,13-14,25H,2-3,5-6,8,10-11H2,1H3,(H,23,28)(H,24,29)/t14-/m1/s1. The fraction of sp³-hybridized carbons (Fsp3) is 0.500. The van der Waals surface area contributed by atoms with E-state index in [9.17, 15) is 14.0 Å². The molecule has 1 atom stereocenters. The van der Waals surface area contributed by atoms with Crippen molar-refractivity contribution < 1.29 is 14.0 Å². The molecule has 1 aromatic carbocycles. The number of H-pyrrole nitrogens is 1. The van der Waals surface area contributed by atoms with E-state index < -0.39 is 5.82 Å². The van der Waals surface area contributed by atoms with Gasteiger partial charge >= 0.3 is 12.1 Å². The lowest BCUT2D eigenvalue weighted by molar-refractivity contribution is 0.116. The zero-order valence-electron chi connectivity index (χ0n) is 16.3. The second-order valence-electron chi connectivity index (χ2n) is 7.70. The first-order valence-electron chi connectivity index (χ1n) is 9.96. The Morgan fingerprint density at radius 2 is 2.10 bits per heavy atom. The molecule has 1 aromatic heterocycles. The molecular formula is C20H25ClFN5O2. The van der Waals surface area contributed by atoms with E-state index >= 15 is 0 Å². The third kappa shape index (κ3) is 4.12. The number of fused-ring (bicyclic) bond motifs is 1. The molecule has 0 radical (unpaired) electrons. The van der Waals surface area contributed by atoms with Crippen molar-refractivity contribution in [3.05, 3.63) is 34.7 Å². The molecule has 1 saturated carbocycles. The number of nitrogens with zero attached hydrogens (tertiary/aromatic N) is 2. The van der Waals surface area contributed by atoms with Crippen molar-refractivity contribution >= 4 is 34.6 Å². The fourth-order valence-corrected chi connectivity index (χ4v) is 4.24. The van der Waals surface area contributed by atoms with Gasteiger partial charge in [0.05, 0.1) is 18.3 Å². The third-order valence-electron chi connectivity index (χ3n) is 5.65. The maximum absolute atomic E-state index is 14.7. The minimum Gasteiger partial charge on any atom is -0.354 e. The predicted octanol–water partition coefficient (Wildman–Crippen LogP) is 3.44. The number of rotatable bonds is 4. The molecule has 7 nitrogen and oxygen atoms in total. The Morgan fingerprint density at radius 3 is 2.83 bits per heavy atom. The molecule has 9 heteroatoms. The van der Waals surface area contributed by atoms with E-state index in [1.165, 1.54) is 0 Å². The molecule has 2 fully saturated rings. The summed E-state index contributed by atoms with van der Waals surface area (Å²) in [6.07, 6.45) is 3.63. The van der Waals surface area contributed by atoms with Gasteiger partial charge < -0.3 is 25.4 Å². The average molecular weight is 422 g/mol. The first-order chi connectivity index (χ1) is 14.0. The Morgan fingerprint density at radius 1 is 1.31 bits per heavy atom. The van der Waals surface area contributed by atoms with Crippen LogP contribution >= 0.6 is 11.6 Å². The van der Waals surface area contributed by atoms with E-state index in [1.54, 1.807) is 30.1 Å². The van der Waals surface area contributed by atoms with Gasteiger partial charge in [0.1, 0.15) is 0 Å². The Bertz CT molecular complexity index is 929. The van der Waals surface area contributed by atoms with Gasteiger partial charge in [-0.1, -0.05) is 11.6 Å². The molecule has 0 bridgehead atoms. The Hall–Kier alpha value is -2.48. The maximum atomic E-state index is 14.7. The van der Waals surface area contributed by atoms with E-state index in [0.717, 1.165) is 25.7 Å². The molecule has 1 saturated heterocycles. The molecule has 4 rings (SSSR count). The summed E-state index contributed by atoms with van der Waals surface area (Å²) < 4.78 is 14.7. The van der Waals surface area contributed by atoms with Gasteiger partial charge in [-0.25, -0.2) is 14.0 Å². The second-order valence-corrected chi connectivity index (χ2v) is 8.14. The first kappa shape index (κ1) is 19.8. The van der Waals surface area contributed by atoms with Gasteiger partial charge in [-0.05, 0) is 43.9 Å². The van der Waals surface area contributed by atoms with Crippen LogP contribution in [0.3, 0.4) is 0 Å². The van der Waals surface area contributed by atoms with Crippen molar-refractivity contribution in [3.63, 3.8) is 0 Å². The number of aromatic amines is 1. The number of halogens is 2. The van der Waals surface area contributed by atoms with Crippen LogP contribution < -0.4 is 10.6 Å². The van der Waals surface area contributed by atoms with Crippen molar-refractivity contribution in [1.82, 2.24) is 25.4 Å². The van der Waals surface area contributed by atoms with Crippen molar-refractivity contribution in [2.45, 2.75) is 44.3 Å². The van der Waals surface area contributed by atoms with Gasteiger partial charge in [0.15, 0.2) is 5.82 Å². The lowest BCUT2D eigenvalue weighted by Gasteiger charge is -2.39. The summed E-state index contributed by atoms with van der Waals surface area (Å²) in [4.78, 5) is 31.6. The number of urea groups is 2. The topological polar surface area (TPSA) is 80.5 Å². The molecule has 1 aliphatic heterocycles. The van der Waals surface area contributed by atoms with E-state index in [1.807, 2.05) is 4.90 Å². The molecule has 4 amide bonds. The van der Waals surface area contributed by atoms with Gasteiger partial charge in [-0.3, -0.25) is 0 Å². The highest BCUT2D eigenvalue weighted by atomic mass is 35.5. The van der Waals surface area contributed by atoms with Gasteiger partial charge in [-0.15, -0.1) is 0 Å². The zero-order valence-corrected chi connectivity index (χ0v) is 17.1. The smallest absolute Gasteiger partial charge is 0.318 e. The monoisotopic (exact) mass is 421 g/mol. The minimum atomic E-state index is -0.399. The van der Waals surface area contributed by atoms with E-state index in [-0.39, 0.29) is 30.7 Å². The lowest BCUT2D eigenvalue weighted by Crippen LogP contribution is -2.56.